The zero-order chi connectivity index (χ0) is 13.0. The second kappa shape index (κ2) is 5.48. The Balaban J connectivity index is 2.14. The van der Waals surface area contributed by atoms with E-state index in [1.165, 1.54) is 7.11 Å². The lowest BCUT2D eigenvalue weighted by Crippen LogP contribution is -2.44. The van der Waals surface area contributed by atoms with E-state index in [0.717, 1.165) is 19.4 Å². The third kappa shape index (κ3) is 2.76. The summed E-state index contributed by atoms with van der Waals surface area (Å²) in [5.74, 6) is 0.681. The van der Waals surface area contributed by atoms with E-state index < -0.39 is 0 Å². The van der Waals surface area contributed by atoms with Gasteiger partial charge in [0.15, 0.2) is 0 Å². The highest BCUT2D eigenvalue weighted by molar-refractivity contribution is 5.84. The number of hydrogen-bond acceptors (Lipinski definition) is 7. The summed E-state index contributed by atoms with van der Waals surface area (Å²) in [6, 6.07) is -0.108. The summed E-state index contributed by atoms with van der Waals surface area (Å²) in [4.78, 5) is 23.8. The molecule has 1 fully saturated rings. The van der Waals surface area contributed by atoms with Gasteiger partial charge in [0.1, 0.15) is 6.04 Å². The Bertz CT molecular complexity index is 416. The van der Waals surface area contributed by atoms with Gasteiger partial charge in [-0.3, -0.25) is 4.79 Å². The molecule has 0 aliphatic carbocycles. The Kier molecular flexibility index (Phi) is 3.75. The molecule has 1 saturated heterocycles. The Morgan fingerprint density at radius 3 is 2.78 bits per heavy atom. The largest absolute Gasteiger partial charge is 0.467 e. The van der Waals surface area contributed by atoms with Crippen LogP contribution in [0.2, 0.25) is 0 Å². The van der Waals surface area contributed by atoms with Crippen LogP contribution < -0.4 is 20.7 Å². The molecule has 18 heavy (non-hydrogen) atoms. The topological polar surface area (TPSA) is 101 Å². The summed E-state index contributed by atoms with van der Waals surface area (Å²) in [6.45, 7) is 0.722. The number of methoxy groups -OCH3 is 1. The van der Waals surface area contributed by atoms with E-state index >= 15 is 0 Å². The van der Waals surface area contributed by atoms with Crippen molar-refractivity contribution >= 4 is 17.8 Å². The molecule has 1 amide bonds. The van der Waals surface area contributed by atoms with Gasteiger partial charge in [0, 0.05) is 13.6 Å². The molecule has 1 aromatic heterocycles. The maximum atomic E-state index is 11.6. The first-order valence-electron chi connectivity index (χ1n) is 5.75. The number of anilines is 2. The number of piperidine rings is 1. The molecule has 8 nitrogen and oxygen atoms in total. The monoisotopic (exact) mass is 252 g/mol. The van der Waals surface area contributed by atoms with Crippen molar-refractivity contribution in [2.45, 2.75) is 18.9 Å². The van der Waals surface area contributed by atoms with Crippen molar-refractivity contribution in [3.63, 3.8) is 0 Å². The van der Waals surface area contributed by atoms with Crippen LogP contribution in [-0.4, -0.2) is 47.6 Å². The van der Waals surface area contributed by atoms with Crippen LogP contribution in [0.4, 0.5) is 11.9 Å². The van der Waals surface area contributed by atoms with Crippen LogP contribution in [0.1, 0.15) is 12.8 Å². The number of hydrogen-bond donors (Lipinski definition) is 3. The summed E-state index contributed by atoms with van der Waals surface area (Å²) in [5, 5.41) is 8.58. The lowest BCUT2D eigenvalue weighted by molar-refractivity contribution is -0.123. The maximum absolute atomic E-state index is 11.6. The highest BCUT2D eigenvalue weighted by atomic mass is 16.5. The molecule has 2 rings (SSSR count). The molecule has 8 heteroatoms. The molecular weight excluding hydrogens is 236 g/mol. The molecular formula is C10H16N6O2. The summed E-state index contributed by atoms with van der Waals surface area (Å²) >= 11 is 0. The summed E-state index contributed by atoms with van der Waals surface area (Å²) < 4.78 is 4.97. The van der Waals surface area contributed by atoms with Crippen molar-refractivity contribution in [2.75, 3.05) is 31.3 Å². The first kappa shape index (κ1) is 12.3. The summed E-state index contributed by atoms with van der Waals surface area (Å²) in [7, 11) is 3.18. The number of rotatable bonds is 4. The first-order valence-corrected chi connectivity index (χ1v) is 5.75. The van der Waals surface area contributed by atoms with E-state index in [2.05, 4.69) is 30.9 Å². The highest BCUT2D eigenvalue weighted by Gasteiger charge is 2.22. The molecule has 0 aromatic carbocycles. The molecule has 1 aromatic rings. The third-order valence-electron chi connectivity index (χ3n) is 2.61. The van der Waals surface area contributed by atoms with E-state index in [4.69, 9.17) is 4.74 Å². The normalized spacial score (nSPS) is 19.0. The molecule has 2 heterocycles. The zero-order valence-corrected chi connectivity index (χ0v) is 10.4. The Labute approximate surface area is 105 Å². The smallest absolute Gasteiger partial charge is 0.322 e. The quantitative estimate of drug-likeness (QED) is 0.671. The molecule has 0 spiro atoms. The van der Waals surface area contributed by atoms with Gasteiger partial charge in [-0.1, -0.05) is 0 Å². The van der Waals surface area contributed by atoms with Gasteiger partial charge in [-0.05, 0) is 12.8 Å². The highest BCUT2D eigenvalue weighted by Crippen LogP contribution is 2.13. The molecule has 1 atom stereocenters. The molecule has 0 radical (unpaired) electrons. The van der Waals surface area contributed by atoms with Crippen molar-refractivity contribution in [1.82, 2.24) is 20.3 Å². The van der Waals surface area contributed by atoms with E-state index in [9.17, 15) is 4.79 Å². The second-order valence-corrected chi connectivity index (χ2v) is 3.85. The molecule has 0 saturated carbocycles. The molecule has 98 valence electrons. The van der Waals surface area contributed by atoms with Crippen molar-refractivity contribution in [1.29, 1.82) is 0 Å². The first-order chi connectivity index (χ1) is 8.72. The van der Waals surface area contributed by atoms with Gasteiger partial charge in [0.05, 0.1) is 7.11 Å². The lowest BCUT2D eigenvalue weighted by atomic mass is 10.1. The third-order valence-corrected chi connectivity index (χ3v) is 2.61. The van der Waals surface area contributed by atoms with Gasteiger partial charge in [0.2, 0.25) is 17.8 Å². The van der Waals surface area contributed by atoms with Gasteiger partial charge in [-0.25, -0.2) is 0 Å². The van der Waals surface area contributed by atoms with E-state index in [1.54, 1.807) is 7.05 Å². The predicted octanol–water partition coefficient (Wildman–Crippen LogP) is -0.388. The summed E-state index contributed by atoms with van der Waals surface area (Å²) in [5.41, 5.74) is 0. The second-order valence-electron chi connectivity index (χ2n) is 3.85. The maximum Gasteiger partial charge on any atom is 0.322 e. The summed E-state index contributed by atoms with van der Waals surface area (Å²) in [6.07, 6.45) is 1.69. The average Bonchev–Trinajstić information content (AvgIpc) is 2.41. The molecule has 3 N–H and O–H groups in total. The standard InChI is InChI=1S/C10H16N6O2/c1-11-8-14-9(16-10(15-8)18-2)13-6-4-3-5-12-7(6)17/h6H,3-5H2,1-2H3,(H,12,17)(H2,11,13,14,15,16). The fourth-order valence-corrected chi connectivity index (χ4v) is 1.69. The SMILES string of the molecule is CNc1nc(NC2CCCNC2=O)nc(OC)n1. The number of carbonyl (C=O) groups is 1. The number of carbonyl (C=O) groups excluding carboxylic acids is 1. The predicted molar refractivity (Wildman–Crippen MR) is 65.6 cm³/mol. The minimum absolute atomic E-state index is 0.0355. The van der Waals surface area contributed by atoms with Crippen LogP contribution in [0.3, 0.4) is 0 Å². The van der Waals surface area contributed by atoms with Crippen LogP contribution in [0, 0.1) is 0 Å². The van der Waals surface area contributed by atoms with Crippen LogP contribution in [-0.2, 0) is 4.79 Å². The number of amides is 1. The van der Waals surface area contributed by atoms with Crippen LogP contribution in [0.25, 0.3) is 0 Å². The molecule has 1 aliphatic rings. The number of nitrogens with one attached hydrogen (secondary N) is 3. The van der Waals surface area contributed by atoms with Crippen LogP contribution >= 0.6 is 0 Å². The Morgan fingerprint density at radius 1 is 1.33 bits per heavy atom. The zero-order valence-electron chi connectivity index (χ0n) is 10.4. The molecule has 1 aliphatic heterocycles. The van der Waals surface area contributed by atoms with Crippen LogP contribution in [0.15, 0.2) is 0 Å². The van der Waals surface area contributed by atoms with Crippen molar-refractivity contribution in [3.8, 4) is 6.01 Å². The number of aromatic nitrogens is 3. The molecule has 0 bridgehead atoms. The van der Waals surface area contributed by atoms with Crippen molar-refractivity contribution in [3.05, 3.63) is 0 Å². The van der Waals surface area contributed by atoms with Gasteiger partial charge < -0.3 is 20.7 Å². The average molecular weight is 252 g/mol. The minimum Gasteiger partial charge on any atom is -0.467 e. The van der Waals surface area contributed by atoms with E-state index in [-0.39, 0.29) is 18.0 Å². The Hall–Kier alpha value is -2.12. The molecule has 1 unspecified atom stereocenters. The number of nitrogens with zero attached hydrogens (tertiary/aromatic N) is 3. The van der Waals surface area contributed by atoms with Crippen molar-refractivity contribution < 1.29 is 9.53 Å². The fraction of sp³-hybridized carbons (Fsp3) is 0.600. The minimum atomic E-state index is -0.310. The van der Waals surface area contributed by atoms with E-state index in [1.807, 2.05) is 0 Å². The fourth-order valence-electron chi connectivity index (χ4n) is 1.69. The van der Waals surface area contributed by atoms with Gasteiger partial charge in [-0.2, -0.15) is 15.0 Å². The lowest BCUT2D eigenvalue weighted by Gasteiger charge is -2.22. The van der Waals surface area contributed by atoms with Crippen molar-refractivity contribution in [2.24, 2.45) is 0 Å². The van der Waals surface area contributed by atoms with Crippen LogP contribution in [0.5, 0.6) is 6.01 Å². The Morgan fingerprint density at radius 2 is 2.11 bits per heavy atom. The van der Waals surface area contributed by atoms with Gasteiger partial charge >= 0.3 is 6.01 Å². The number of ether oxygens (including phenoxy) is 1. The van der Waals surface area contributed by atoms with Gasteiger partial charge in [0.25, 0.3) is 0 Å². The van der Waals surface area contributed by atoms with E-state index in [0.29, 0.717) is 11.9 Å². The van der Waals surface area contributed by atoms with Gasteiger partial charge in [-0.15, -0.1) is 0 Å².